The Labute approximate surface area is 115 Å². The molecule has 1 atom stereocenters. The highest BCUT2D eigenvalue weighted by Gasteiger charge is 2.02. The average molecular weight is 257 g/mol. The Hall–Kier alpha value is -1.61. The number of rotatable bonds is 7. The summed E-state index contributed by atoms with van der Waals surface area (Å²) in [4.78, 5) is 4.06. The second-order valence-corrected chi connectivity index (χ2v) is 5.03. The first-order chi connectivity index (χ1) is 9.29. The largest absolute Gasteiger partial charge is 0.314 e. The molecule has 0 fully saturated rings. The number of hydrogen-bond acceptors (Lipinski definition) is 2. The predicted octanol–water partition coefficient (Wildman–Crippen LogP) is 3.19. The number of aryl methyl sites for hydroxylation is 1. The molecule has 19 heavy (non-hydrogen) atoms. The molecule has 1 N–H and O–H groups in total. The average Bonchev–Trinajstić information content (AvgIpc) is 2.97. The summed E-state index contributed by atoms with van der Waals surface area (Å²) in [5.74, 6) is 0. The summed E-state index contributed by atoms with van der Waals surface area (Å²) >= 11 is 0. The van der Waals surface area contributed by atoms with E-state index in [-0.39, 0.29) is 0 Å². The van der Waals surface area contributed by atoms with E-state index >= 15 is 0 Å². The molecule has 3 heteroatoms. The van der Waals surface area contributed by atoms with E-state index in [4.69, 9.17) is 0 Å². The molecule has 0 saturated carbocycles. The van der Waals surface area contributed by atoms with E-state index in [2.05, 4.69) is 48.4 Å². The fourth-order valence-corrected chi connectivity index (χ4v) is 2.12. The van der Waals surface area contributed by atoms with Crippen LogP contribution in [0.1, 0.15) is 32.3 Å². The van der Waals surface area contributed by atoms with Crippen molar-refractivity contribution in [3.8, 4) is 5.69 Å². The topological polar surface area (TPSA) is 29.9 Å². The first kappa shape index (κ1) is 13.8. The van der Waals surface area contributed by atoms with Gasteiger partial charge in [0.05, 0.1) is 6.33 Å². The first-order valence-corrected chi connectivity index (χ1v) is 7.10. The lowest BCUT2D eigenvalue weighted by atomic mass is 10.1. The van der Waals surface area contributed by atoms with E-state index in [1.807, 2.05) is 17.1 Å². The lowest BCUT2D eigenvalue weighted by molar-refractivity contribution is 0.514. The van der Waals surface area contributed by atoms with Crippen molar-refractivity contribution in [3.05, 3.63) is 48.5 Å². The molecule has 102 valence electrons. The molecule has 3 nitrogen and oxygen atoms in total. The second-order valence-electron chi connectivity index (χ2n) is 5.03. The van der Waals surface area contributed by atoms with Gasteiger partial charge in [0.1, 0.15) is 0 Å². The Morgan fingerprint density at radius 3 is 2.68 bits per heavy atom. The summed E-state index contributed by atoms with van der Waals surface area (Å²) in [7, 11) is 0. The quantitative estimate of drug-likeness (QED) is 0.825. The summed E-state index contributed by atoms with van der Waals surface area (Å²) in [6.07, 6.45) is 9.10. The zero-order valence-corrected chi connectivity index (χ0v) is 11.8. The van der Waals surface area contributed by atoms with E-state index in [0.717, 1.165) is 13.0 Å². The van der Waals surface area contributed by atoms with E-state index in [0.29, 0.717) is 6.04 Å². The summed E-state index contributed by atoms with van der Waals surface area (Å²) < 4.78 is 2.02. The van der Waals surface area contributed by atoms with Crippen molar-refractivity contribution >= 4 is 0 Å². The molecule has 1 aromatic heterocycles. The van der Waals surface area contributed by atoms with Gasteiger partial charge in [-0.15, -0.1) is 0 Å². The van der Waals surface area contributed by atoms with E-state index in [1.165, 1.54) is 24.1 Å². The fourth-order valence-electron chi connectivity index (χ4n) is 2.12. The molecule has 2 rings (SSSR count). The van der Waals surface area contributed by atoms with Crippen molar-refractivity contribution in [3.63, 3.8) is 0 Å². The smallest absolute Gasteiger partial charge is 0.0991 e. The van der Waals surface area contributed by atoms with Crippen LogP contribution in [0.25, 0.3) is 5.69 Å². The third-order valence-electron chi connectivity index (χ3n) is 3.35. The van der Waals surface area contributed by atoms with E-state index in [9.17, 15) is 0 Å². The molecule has 2 aromatic rings. The summed E-state index contributed by atoms with van der Waals surface area (Å²) in [6, 6.07) is 9.32. The van der Waals surface area contributed by atoms with Gasteiger partial charge in [0.15, 0.2) is 0 Å². The van der Waals surface area contributed by atoms with Crippen LogP contribution in [-0.4, -0.2) is 22.1 Å². The second kappa shape index (κ2) is 7.10. The van der Waals surface area contributed by atoms with Gasteiger partial charge < -0.3 is 9.88 Å². The van der Waals surface area contributed by atoms with E-state index < -0.39 is 0 Å². The lowest BCUT2D eigenvalue weighted by Crippen LogP contribution is -2.27. The van der Waals surface area contributed by atoms with Crippen molar-refractivity contribution < 1.29 is 0 Å². The van der Waals surface area contributed by atoms with Crippen LogP contribution in [-0.2, 0) is 6.42 Å². The molecule has 1 heterocycles. The normalized spacial score (nSPS) is 12.5. The summed E-state index contributed by atoms with van der Waals surface area (Å²) in [6.45, 7) is 5.57. The van der Waals surface area contributed by atoms with Gasteiger partial charge >= 0.3 is 0 Å². The zero-order chi connectivity index (χ0) is 13.5. The fraction of sp³-hybridized carbons (Fsp3) is 0.438. The highest BCUT2D eigenvalue weighted by atomic mass is 15.0. The molecular weight excluding hydrogens is 234 g/mol. The number of aromatic nitrogens is 2. The highest BCUT2D eigenvalue weighted by Crippen LogP contribution is 2.11. The maximum Gasteiger partial charge on any atom is 0.0991 e. The number of imidazole rings is 1. The third kappa shape index (κ3) is 4.21. The first-order valence-electron chi connectivity index (χ1n) is 7.10. The van der Waals surface area contributed by atoms with Gasteiger partial charge in [0.2, 0.25) is 0 Å². The zero-order valence-electron chi connectivity index (χ0n) is 11.8. The molecule has 0 amide bonds. The third-order valence-corrected chi connectivity index (χ3v) is 3.35. The highest BCUT2D eigenvalue weighted by molar-refractivity contribution is 5.34. The van der Waals surface area contributed by atoms with Crippen molar-refractivity contribution in [2.24, 2.45) is 0 Å². The van der Waals surface area contributed by atoms with Gasteiger partial charge in [-0.25, -0.2) is 4.98 Å². The molecular formula is C16H23N3. The van der Waals surface area contributed by atoms with Crippen molar-refractivity contribution in [1.29, 1.82) is 0 Å². The standard InChI is InChI=1S/C16H23N3/c1-3-10-18-14(2)4-5-15-6-8-16(9-7-15)19-12-11-17-13-19/h6-9,11-14,18H,3-5,10H2,1-2H3. The summed E-state index contributed by atoms with van der Waals surface area (Å²) in [5.41, 5.74) is 2.56. The number of nitrogens with one attached hydrogen (secondary N) is 1. The number of benzene rings is 1. The Balaban J connectivity index is 1.85. The molecule has 0 spiro atoms. The maximum absolute atomic E-state index is 4.06. The Bertz CT molecular complexity index is 459. The maximum atomic E-state index is 4.06. The number of hydrogen-bond donors (Lipinski definition) is 1. The van der Waals surface area contributed by atoms with Crippen LogP contribution >= 0.6 is 0 Å². The van der Waals surface area contributed by atoms with Crippen LogP contribution in [0.15, 0.2) is 43.0 Å². The van der Waals surface area contributed by atoms with Crippen LogP contribution in [0.3, 0.4) is 0 Å². The molecule has 0 aliphatic rings. The molecule has 0 radical (unpaired) electrons. The van der Waals surface area contributed by atoms with Crippen LogP contribution in [0.5, 0.6) is 0 Å². The van der Waals surface area contributed by atoms with Crippen LogP contribution in [0.2, 0.25) is 0 Å². The van der Waals surface area contributed by atoms with Crippen LogP contribution < -0.4 is 5.32 Å². The van der Waals surface area contributed by atoms with Gasteiger partial charge in [-0.2, -0.15) is 0 Å². The van der Waals surface area contributed by atoms with Crippen LogP contribution in [0, 0.1) is 0 Å². The molecule has 0 saturated heterocycles. The predicted molar refractivity (Wildman–Crippen MR) is 79.6 cm³/mol. The van der Waals surface area contributed by atoms with Gasteiger partial charge in [-0.3, -0.25) is 0 Å². The molecule has 0 aliphatic carbocycles. The Morgan fingerprint density at radius 2 is 2.05 bits per heavy atom. The van der Waals surface area contributed by atoms with Crippen molar-refractivity contribution in [2.45, 2.75) is 39.2 Å². The molecule has 0 aliphatic heterocycles. The van der Waals surface area contributed by atoms with Crippen molar-refractivity contribution in [2.75, 3.05) is 6.54 Å². The van der Waals surface area contributed by atoms with Crippen LogP contribution in [0.4, 0.5) is 0 Å². The van der Waals surface area contributed by atoms with Crippen molar-refractivity contribution in [1.82, 2.24) is 14.9 Å². The minimum atomic E-state index is 0.591. The SMILES string of the molecule is CCCNC(C)CCc1ccc(-n2ccnc2)cc1. The van der Waals surface area contributed by atoms with Gasteiger partial charge in [0.25, 0.3) is 0 Å². The van der Waals surface area contributed by atoms with E-state index in [1.54, 1.807) is 6.20 Å². The van der Waals surface area contributed by atoms with Gasteiger partial charge in [-0.05, 0) is 50.4 Å². The van der Waals surface area contributed by atoms with Gasteiger partial charge in [-0.1, -0.05) is 19.1 Å². The minimum Gasteiger partial charge on any atom is -0.314 e. The lowest BCUT2D eigenvalue weighted by Gasteiger charge is -2.13. The van der Waals surface area contributed by atoms with Gasteiger partial charge in [0, 0.05) is 24.1 Å². The molecule has 1 aromatic carbocycles. The number of nitrogens with zero attached hydrogens (tertiary/aromatic N) is 2. The molecule has 1 unspecified atom stereocenters. The molecule has 0 bridgehead atoms. The monoisotopic (exact) mass is 257 g/mol. The minimum absolute atomic E-state index is 0.591. The Kier molecular flexibility index (Phi) is 5.16. The summed E-state index contributed by atoms with van der Waals surface area (Å²) in [5, 5.41) is 3.52. The Morgan fingerprint density at radius 1 is 1.26 bits per heavy atom.